The first-order valence-corrected chi connectivity index (χ1v) is 9.05. The summed E-state index contributed by atoms with van der Waals surface area (Å²) in [5, 5.41) is 4.25. The minimum absolute atomic E-state index is 0.338. The number of rotatable bonds is 3. The van der Waals surface area contributed by atoms with Gasteiger partial charge in [0.25, 0.3) is 0 Å². The standard InChI is InChI=1S/C12H11F3N4.C7H8N2O2/c13-12(14,15)9-7-8(4-5-16-9)11-17-10-3-1-2-6-19(10)18-11;1-11-6-4-5(7(8)10)2-3-9-6/h4-5,7H,1-3,6H2;2-4H,1H3,(H2,8,10). The molecule has 0 radical (unpaired) electrons. The lowest BCUT2D eigenvalue weighted by molar-refractivity contribution is -0.141. The molecule has 3 aromatic heterocycles. The Labute approximate surface area is 169 Å². The predicted octanol–water partition coefficient (Wildman–Crippen LogP) is 2.88. The number of primary amides is 1. The van der Waals surface area contributed by atoms with Gasteiger partial charge in [0, 0.05) is 42.6 Å². The van der Waals surface area contributed by atoms with Crippen molar-refractivity contribution in [3.63, 3.8) is 0 Å². The Morgan fingerprint density at radius 1 is 1.17 bits per heavy atom. The molecule has 30 heavy (non-hydrogen) atoms. The number of nitrogens with two attached hydrogens (primary N) is 1. The predicted molar refractivity (Wildman–Crippen MR) is 100 cm³/mol. The maximum absolute atomic E-state index is 12.6. The second-order valence-electron chi connectivity index (χ2n) is 6.41. The van der Waals surface area contributed by atoms with E-state index in [2.05, 4.69) is 20.1 Å². The Morgan fingerprint density at radius 3 is 2.60 bits per heavy atom. The number of amides is 1. The molecule has 0 aromatic carbocycles. The fraction of sp³-hybridized carbons (Fsp3) is 0.316. The molecule has 0 saturated carbocycles. The van der Waals surface area contributed by atoms with E-state index in [1.165, 1.54) is 31.5 Å². The zero-order valence-electron chi connectivity index (χ0n) is 16.1. The molecular formula is C19H19F3N6O2. The number of hydrogen-bond acceptors (Lipinski definition) is 6. The van der Waals surface area contributed by atoms with Gasteiger partial charge in [0.05, 0.1) is 7.11 Å². The van der Waals surface area contributed by atoms with Crippen LogP contribution in [0.5, 0.6) is 5.88 Å². The van der Waals surface area contributed by atoms with Crippen LogP contribution in [0.2, 0.25) is 0 Å². The zero-order valence-corrected chi connectivity index (χ0v) is 16.1. The summed E-state index contributed by atoms with van der Waals surface area (Å²) in [5.41, 5.74) is 4.85. The molecule has 0 bridgehead atoms. The van der Waals surface area contributed by atoms with Crippen molar-refractivity contribution in [1.82, 2.24) is 24.7 Å². The molecule has 0 aliphatic carbocycles. The lowest BCUT2D eigenvalue weighted by atomic mass is 10.2. The highest BCUT2D eigenvalue weighted by molar-refractivity contribution is 5.92. The molecule has 4 heterocycles. The Morgan fingerprint density at radius 2 is 1.93 bits per heavy atom. The van der Waals surface area contributed by atoms with E-state index in [0.717, 1.165) is 43.9 Å². The Kier molecular flexibility index (Phi) is 6.28. The molecule has 158 valence electrons. The van der Waals surface area contributed by atoms with Gasteiger partial charge < -0.3 is 10.5 Å². The summed E-state index contributed by atoms with van der Waals surface area (Å²) < 4.78 is 44.4. The lowest BCUT2D eigenvalue weighted by Crippen LogP contribution is -2.11. The van der Waals surface area contributed by atoms with Crippen LogP contribution >= 0.6 is 0 Å². The number of hydrogen-bond donors (Lipinski definition) is 1. The third kappa shape index (κ3) is 5.10. The maximum atomic E-state index is 12.6. The molecule has 0 unspecified atom stereocenters. The number of halogens is 3. The summed E-state index contributed by atoms with van der Waals surface area (Å²) in [5.74, 6) is 1.09. The lowest BCUT2D eigenvalue weighted by Gasteiger charge is -2.09. The van der Waals surface area contributed by atoms with Crippen molar-refractivity contribution in [3.05, 3.63) is 53.7 Å². The van der Waals surface area contributed by atoms with Gasteiger partial charge in [-0.25, -0.2) is 14.6 Å². The fourth-order valence-electron chi connectivity index (χ4n) is 2.80. The van der Waals surface area contributed by atoms with E-state index in [0.29, 0.717) is 22.8 Å². The largest absolute Gasteiger partial charge is 0.481 e. The highest BCUT2D eigenvalue weighted by Gasteiger charge is 2.32. The molecule has 1 aliphatic rings. The summed E-state index contributed by atoms with van der Waals surface area (Å²) in [4.78, 5) is 22.0. The van der Waals surface area contributed by atoms with Gasteiger partial charge in [-0.2, -0.15) is 18.3 Å². The van der Waals surface area contributed by atoms with E-state index in [9.17, 15) is 18.0 Å². The van der Waals surface area contributed by atoms with E-state index < -0.39 is 17.8 Å². The smallest absolute Gasteiger partial charge is 0.433 e. The van der Waals surface area contributed by atoms with Crippen molar-refractivity contribution in [1.29, 1.82) is 0 Å². The topological polar surface area (TPSA) is 109 Å². The number of pyridine rings is 2. The van der Waals surface area contributed by atoms with Crippen molar-refractivity contribution in [3.8, 4) is 17.3 Å². The molecular weight excluding hydrogens is 401 g/mol. The van der Waals surface area contributed by atoms with Crippen LogP contribution < -0.4 is 10.5 Å². The highest BCUT2D eigenvalue weighted by atomic mass is 19.4. The molecule has 2 N–H and O–H groups in total. The van der Waals surface area contributed by atoms with Gasteiger partial charge in [0.2, 0.25) is 11.8 Å². The van der Waals surface area contributed by atoms with Crippen LogP contribution in [0, 0.1) is 0 Å². The van der Waals surface area contributed by atoms with Crippen LogP contribution in [0.15, 0.2) is 36.7 Å². The van der Waals surface area contributed by atoms with Crippen LogP contribution in [0.1, 0.15) is 34.7 Å². The van der Waals surface area contributed by atoms with Gasteiger partial charge in [-0.05, 0) is 31.0 Å². The molecule has 0 saturated heterocycles. The maximum Gasteiger partial charge on any atom is 0.433 e. The summed E-state index contributed by atoms with van der Waals surface area (Å²) in [6.45, 7) is 0.777. The molecule has 11 heteroatoms. The molecule has 0 fully saturated rings. The summed E-state index contributed by atoms with van der Waals surface area (Å²) in [7, 11) is 1.48. The minimum Gasteiger partial charge on any atom is -0.481 e. The molecule has 8 nitrogen and oxygen atoms in total. The molecule has 3 aromatic rings. The average Bonchev–Trinajstić information content (AvgIpc) is 3.18. The van der Waals surface area contributed by atoms with Gasteiger partial charge in [-0.15, -0.1) is 0 Å². The number of nitrogens with zero attached hydrogens (tertiary/aromatic N) is 5. The molecule has 0 atom stereocenters. The number of aromatic nitrogens is 5. The quantitative estimate of drug-likeness (QED) is 0.698. The van der Waals surface area contributed by atoms with E-state index in [1.54, 1.807) is 4.68 Å². The van der Waals surface area contributed by atoms with Gasteiger partial charge in [0.1, 0.15) is 11.5 Å². The van der Waals surface area contributed by atoms with Gasteiger partial charge in [-0.1, -0.05) is 0 Å². The molecule has 1 amide bonds. The number of carbonyl (C=O) groups excluding carboxylic acids is 1. The van der Waals surface area contributed by atoms with Crippen molar-refractivity contribution >= 4 is 5.91 Å². The van der Waals surface area contributed by atoms with Crippen molar-refractivity contribution < 1.29 is 22.7 Å². The first kappa shape index (κ1) is 21.2. The Bertz CT molecular complexity index is 1010. The fourth-order valence-corrected chi connectivity index (χ4v) is 2.80. The minimum atomic E-state index is -4.45. The van der Waals surface area contributed by atoms with E-state index in [4.69, 9.17) is 10.5 Å². The Hall–Kier alpha value is -3.50. The Balaban J connectivity index is 0.000000199. The van der Waals surface area contributed by atoms with E-state index in [-0.39, 0.29) is 0 Å². The highest BCUT2D eigenvalue weighted by Crippen LogP contribution is 2.30. The number of fused-ring (bicyclic) bond motifs is 1. The van der Waals surface area contributed by atoms with Gasteiger partial charge in [-0.3, -0.25) is 9.78 Å². The normalized spacial score (nSPS) is 13.1. The molecule has 0 spiro atoms. The third-order valence-corrected chi connectivity index (χ3v) is 4.31. The first-order chi connectivity index (χ1) is 14.3. The van der Waals surface area contributed by atoms with E-state index in [1.807, 2.05) is 0 Å². The van der Waals surface area contributed by atoms with Crippen molar-refractivity contribution in [2.24, 2.45) is 5.73 Å². The number of alkyl halides is 3. The van der Waals surface area contributed by atoms with Crippen LogP contribution in [0.4, 0.5) is 13.2 Å². The number of carbonyl (C=O) groups is 1. The van der Waals surface area contributed by atoms with Crippen LogP contribution in [0.25, 0.3) is 11.4 Å². The second kappa shape index (κ2) is 8.89. The summed E-state index contributed by atoms with van der Waals surface area (Å²) in [6, 6.07) is 5.51. The summed E-state index contributed by atoms with van der Waals surface area (Å²) in [6.07, 6.45) is 1.05. The number of ether oxygens (including phenoxy) is 1. The van der Waals surface area contributed by atoms with Gasteiger partial charge >= 0.3 is 6.18 Å². The van der Waals surface area contributed by atoms with Crippen molar-refractivity contribution in [2.75, 3.05) is 7.11 Å². The number of aryl methyl sites for hydroxylation is 2. The third-order valence-electron chi connectivity index (χ3n) is 4.31. The zero-order chi connectivity index (χ0) is 21.7. The monoisotopic (exact) mass is 420 g/mol. The van der Waals surface area contributed by atoms with E-state index >= 15 is 0 Å². The molecule has 1 aliphatic heterocycles. The van der Waals surface area contributed by atoms with Crippen LogP contribution in [0.3, 0.4) is 0 Å². The van der Waals surface area contributed by atoms with Crippen LogP contribution in [-0.2, 0) is 19.1 Å². The SMILES string of the molecule is COc1cc(C(N)=O)ccn1.FC(F)(F)c1cc(-c2nc3n(n2)CCCC3)ccn1. The number of methoxy groups -OCH3 is 1. The average molecular weight is 420 g/mol. The van der Waals surface area contributed by atoms with Crippen molar-refractivity contribution in [2.45, 2.75) is 32.0 Å². The van der Waals surface area contributed by atoms with Gasteiger partial charge in [0.15, 0.2) is 5.82 Å². The van der Waals surface area contributed by atoms with Crippen LogP contribution in [-0.4, -0.2) is 37.7 Å². The second-order valence-corrected chi connectivity index (χ2v) is 6.41. The first-order valence-electron chi connectivity index (χ1n) is 9.05. The molecule has 4 rings (SSSR count). The summed E-state index contributed by atoms with van der Waals surface area (Å²) >= 11 is 0.